The number of halogens is 2. The Morgan fingerprint density at radius 2 is 1.96 bits per heavy atom. The number of imide groups is 1. The van der Waals surface area contributed by atoms with Crippen molar-refractivity contribution in [2.75, 3.05) is 13.3 Å². The van der Waals surface area contributed by atoms with Crippen molar-refractivity contribution in [3.05, 3.63) is 63.9 Å². The zero-order valence-electron chi connectivity index (χ0n) is 13.6. The van der Waals surface area contributed by atoms with Crippen LogP contribution in [0.25, 0.3) is 0 Å². The van der Waals surface area contributed by atoms with Gasteiger partial charge in [0.05, 0.1) is 0 Å². The van der Waals surface area contributed by atoms with Crippen LogP contribution in [0.3, 0.4) is 0 Å². The quantitative estimate of drug-likeness (QED) is 0.749. The maximum absolute atomic E-state index is 13.3. The molecule has 134 valence electrons. The number of carbonyl (C=O) groups excluding carboxylic acids is 2. The van der Waals surface area contributed by atoms with E-state index in [2.05, 4.69) is 26.6 Å². The summed E-state index contributed by atoms with van der Waals surface area (Å²) in [6, 6.07) is 11.1. The topological polar surface area (TPSA) is 70.7 Å². The lowest BCUT2D eigenvalue weighted by molar-refractivity contribution is -0.125. The third kappa shape index (κ3) is 2.95. The van der Waals surface area contributed by atoms with E-state index in [0.717, 1.165) is 10.0 Å². The van der Waals surface area contributed by atoms with Crippen molar-refractivity contribution in [3.8, 4) is 5.75 Å². The number of nitrogens with one attached hydrogen (secondary N) is 2. The van der Waals surface area contributed by atoms with Crippen LogP contribution >= 0.6 is 15.9 Å². The molecule has 4 rings (SSSR count). The van der Waals surface area contributed by atoms with Crippen molar-refractivity contribution in [2.24, 2.45) is 0 Å². The largest absolute Gasteiger partial charge is 0.478 e. The number of hydrogen-bond acceptors (Lipinski definition) is 4. The molecular formula is C18H15BrFN3O3. The predicted molar refractivity (Wildman–Crippen MR) is 94.8 cm³/mol. The van der Waals surface area contributed by atoms with Gasteiger partial charge in [-0.2, -0.15) is 0 Å². The van der Waals surface area contributed by atoms with Crippen molar-refractivity contribution in [2.45, 2.75) is 12.1 Å². The number of urea groups is 1. The van der Waals surface area contributed by atoms with Gasteiger partial charge < -0.3 is 10.1 Å². The number of amides is 3. The third-order valence-corrected chi connectivity index (χ3v) is 5.09. The average molecular weight is 420 g/mol. The van der Waals surface area contributed by atoms with Crippen LogP contribution in [0.15, 0.2) is 46.9 Å². The van der Waals surface area contributed by atoms with Crippen LogP contribution in [-0.2, 0) is 16.9 Å². The number of benzene rings is 2. The first-order valence-electron chi connectivity index (χ1n) is 7.99. The van der Waals surface area contributed by atoms with Crippen LogP contribution in [0, 0.1) is 5.82 Å². The zero-order valence-corrected chi connectivity index (χ0v) is 15.2. The zero-order chi connectivity index (χ0) is 18.3. The Hall–Kier alpha value is -2.45. The first-order valence-corrected chi connectivity index (χ1v) is 8.79. The van der Waals surface area contributed by atoms with Crippen molar-refractivity contribution < 1.29 is 18.7 Å². The fraction of sp³-hybridized carbons (Fsp3) is 0.222. The summed E-state index contributed by atoms with van der Waals surface area (Å²) in [5, 5.41) is 5.08. The van der Waals surface area contributed by atoms with Crippen molar-refractivity contribution in [1.29, 1.82) is 0 Å². The molecule has 0 aliphatic carbocycles. The minimum Gasteiger partial charge on any atom is -0.478 e. The fourth-order valence-electron chi connectivity index (χ4n) is 3.31. The molecule has 2 aliphatic rings. The fourth-order valence-corrected chi connectivity index (χ4v) is 3.57. The average Bonchev–Trinajstić information content (AvgIpc) is 2.90. The Balaban J connectivity index is 1.64. The Bertz CT molecular complexity index is 890. The van der Waals surface area contributed by atoms with Gasteiger partial charge in [-0.3, -0.25) is 15.0 Å². The molecule has 8 heteroatoms. The third-order valence-electron chi connectivity index (χ3n) is 4.57. The minimum atomic E-state index is -1.21. The van der Waals surface area contributed by atoms with Gasteiger partial charge in [-0.25, -0.2) is 9.18 Å². The van der Waals surface area contributed by atoms with E-state index < -0.39 is 17.5 Å². The van der Waals surface area contributed by atoms with E-state index in [-0.39, 0.29) is 19.1 Å². The SMILES string of the molecule is O=C1NC(=O)C(CN2COc3cc(F)ccc3C2)(c2ccc(Br)cc2)N1. The van der Waals surface area contributed by atoms with Crippen LogP contribution in [0.2, 0.25) is 0 Å². The summed E-state index contributed by atoms with van der Waals surface area (Å²) >= 11 is 3.37. The highest BCUT2D eigenvalue weighted by molar-refractivity contribution is 9.10. The molecular weight excluding hydrogens is 405 g/mol. The number of rotatable bonds is 3. The number of hydrogen-bond donors (Lipinski definition) is 2. The van der Waals surface area contributed by atoms with E-state index >= 15 is 0 Å². The van der Waals surface area contributed by atoms with E-state index in [1.54, 1.807) is 18.2 Å². The van der Waals surface area contributed by atoms with Crippen LogP contribution in [0.1, 0.15) is 11.1 Å². The Kier molecular flexibility index (Phi) is 4.16. The van der Waals surface area contributed by atoms with E-state index in [9.17, 15) is 14.0 Å². The molecule has 1 unspecified atom stereocenters. The highest BCUT2D eigenvalue weighted by Crippen LogP contribution is 2.31. The summed E-state index contributed by atoms with van der Waals surface area (Å²) in [5.41, 5.74) is 0.292. The number of carbonyl (C=O) groups is 2. The lowest BCUT2D eigenvalue weighted by atomic mass is 9.89. The number of fused-ring (bicyclic) bond motifs is 1. The Morgan fingerprint density at radius 3 is 2.65 bits per heavy atom. The van der Waals surface area contributed by atoms with Crippen molar-refractivity contribution >= 4 is 27.9 Å². The lowest BCUT2D eigenvalue weighted by Gasteiger charge is -2.36. The second-order valence-corrected chi connectivity index (χ2v) is 7.25. The first-order chi connectivity index (χ1) is 12.5. The summed E-state index contributed by atoms with van der Waals surface area (Å²) in [6.45, 7) is 0.901. The molecule has 1 fully saturated rings. The molecule has 2 heterocycles. The van der Waals surface area contributed by atoms with Gasteiger partial charge in [0, 0.05) is 29.2 Å². The van der Waals surface area contributed by atoms with Gasteiger partial charge in [0.1, 0.15) is 18.3 Å². The summed E-state index contributed by atoms with van der Waals surface area (Å²) in [4.78, 5) is 26.4. The van der Waals surface area contributed by atoms with Gasteiger partial charge in [0.15, 0.2) is 5.54 Å². The molecule has 0 aromatic heterocycles. The maximum Gasteiger partial charge on any atom is 0.322 e. The van der Waals surface area contributed by atoms with Gasteiger partial charge in [0.25, 0.3) is 5.91 Å². The van der Waals surface area contributed by atoms with Crippen LogP contribution in [0.4, 0.5) is 9.18 Å². The standard InChI is InChI=1S/C18H15BrFN3O3/c19-13-4-2-12(3-5-13)18(16(24)21-17(25)22-18)9-23-8-11-1-6-14(20)7-15(11)26-10-23/h1-7H,8-10H2,(H2,21,22,24,25). The molecule has 6 nitrogen and oxygen atoms in total. The second kappa shape index (κ2) is 6.37. The van der Waals surface area contributed by atoms with E-state index in [4.69, 9.17) is 4.74 Å². The molecule has 3 amide bonds. The molecule has 1 saturated heterocycles. The van der Waals surface area contributed by atoms with Gasteiger partial charge in [0.2, 0.25) is 0 Å². The normalized spacial score (nSPS) is 22.4. The number of nitrogens with zero attached hydrogens (tertiary/aromatic N) is 1. The van der Waals surface area contributed by atoms with Crippen LogP contribution in [-0.4, -0.2) is 30.1 Å². The smallest absolute Gasteiger partial charge is 0.322 e. The maximum atomic E-state index is 13.3. The highest BCUT2D eigenvalue weighted by atomic mass is 79.9. The summed E-state index contributed by atoms with van der Waals surface area (Å²) < 4.78 is 19.8. The summed E-state index contributed by atoms with van der Waals surface area (Å²) in [5.74, 6) is -0.264. The minimum absolute atomic E-state index is 0.192. The van der Waals surface area contributed by atoms with Crippen molar-refractivity contribution in [3.63, 3.8) is 0 Å². The summed E-state index contributed by atoms with van der Waals surface area (Å²) in [7, 11) is 0. The van der Waals surface area contributed by atoms with Gasteiger partial charge in [-0.15, -0.1) is 0 Å². The molecule has 1 atom stereocenters. The van der Waals surface area contributed by atoms with Crippen LogP contribution < -0.4 is 15.4 Å². The number of ether oxygens (including phenoxy) is 1. The molecule has 2 N–H and O–H groups in total. The predicted octanol–water partition coefficient (Wildman–Crippen LogP) is 2.48. The monoisotopic (exact) mass is 419 g/mol. The lowest BCUT2D eigenvalue weighted by Crippen LogP contribution is -2.53. The Labute approximate surface area is 157 Å². The van der Waals surface area contributed by atoms with Crippen LogP contribution in [0.5, 0.6) is 5.75 Å². The molecule has 2 aromatic carbocycles. The molecule has 0 saturated carbocycles. The summed E-state index contributed by atoms with van der Waals surface area (Å²) in [6.07, 6.45) is 0. The molecule has 0 bridgehead atoms. The van der Waals surface area contributed by atoms with E-state index in [0.29, 0.717) is 17.9 Å². The molecule has 2 aliphatic heterocycles. The molecule has 0 spiro atoms. The van der Waals surface area contributed by atoms with E-state index in [1.165, 1.54) is 12.1 Å². The first kappa shape index (κ1) is 17.0. The molecule has 26 heavy (non-hydrogen) atoms. The highest BCUT2D eigenvalue weighted by Gasteiger charge is 2.49. The molecule has 2 aromatic rings. The van der Waals surface area contributed by atoms with E-state index in [1.807, 2.05) is 17.0 Å². The van der Waals surface area contributed by atoms with Gasteiger partial charge in [-0.1, -0.05) is 34.1 Å². The Morgan fingerprint density at radius 1 is 1.19 bits per heavy atom. The van der Waals surface area contributed by atoms with Gasteiger partial charge in [-0.05, 0) is 23.8 Å². The van der Waals surface area contributed by atoms with Gasteiger partial charge >= 0.3 is 6.03 Å². The molecule has 0 radical (unpaired) electrons. The van der Waals surface area contributed by atoms with Crippen molar-refractivity contribution in [1.82, 2.24) is 15.5 Å². The second-order valence-electron chi connectivity index (χ2n) is 6.33.